The first-order chi connectivity index (χ1) is 18.0. The number of anilines is 1. The van der Waals surface area contributed by atoms with Crippen molar-refractivity contribution in [3.8, 4) is 11.5 Å². The predicted octanol–water partition coefficient (Wildman–Crippen LogP) is 7.34. The molecule has 0 saturated carbocycles. The van der Waals surface area contributed by atoms with Gasteiger partial charge in [0.2, 0.25) is 0 Å². The number of phenols is 1. The molecule has 0 fully saturated rings. The first-order valence-corrected chi connectivity index (χ1v) is 13.3. The van der Waals surface area contributed by atoms with E-state index in [9.17, 15) is 22.9 Å². The molecule has 4 rings (SSSR count). The van der Waals surface area contributed by atoms with Crippen molar-refractivity contribution < 1.29 is 27.6 Å². The van der Waals surface area contributed by atoms with E-state index in [1.807, 2.05) is 0 Å². The Morgan fingerprint density at radius 1 is 1.05 bits per heavy atom. The van der Waals surface area contributed by atoms with Crippen LogP contribution in [0.3, 0.4) is 0 Å². The quantitative estimate of drug-likeness (QED) is 0.156. The molecule has 0 aromatic heterocycles. The zero-order valence-electron chi connectivity index (χ0n) is 20.1. The number of amides is 1. The average molecular weight is 574 g/mol. The monoisotopic (exact) mass is 573 g/mol. The molecule has 1 amide bonds. The number of benzene rings is 4. The van der Waals surface area contributed by atoms with Gasteiger partial charge in [0.1, 0.15) is 16.3 Å². The molecule has 9 nitrogen and oxygen atoms in total. The van der Waals surface area contributed by atoms with Crippen LogP contribution in [0.25, 0.3) is 10.8 Å². The van der Waals surface area contributed by atoms with Crippen LogP contribution in [0.2, 0.25) is 10.0 Å². The predicted molar refractivity (Wildman–Crippen MR) is 146 cm³/mol. The molecule has 3 N–H and O–H groups in total. The van der Waals surface area contributed by atoms with Crippen molar-refractivity contribution in [1.29, 1.82) is 0 Å². The van der Waals surface area contributed by atoms with Crippen molar-refractivity contribution >= 4 is 67.1 Å². The normalized spacial score (nSPS) is 11.7. The summed E-state index contributed by atoms with van der Waals surface area (Å²) in [6.45, 7) is 1.73. The number of nitrogens with zero attached hydrogens (tertiary/aromatic N) is 2. The minimum absolute atomic E-state index is 0.0260. The van der Waals surface area contributed by atoms with Crippen LogP contribution in [0.4, 0.5) is 17.1 Å². The van der Waals surface area contributed by atoms with Gasteiger partial charge in [0.25, 0.3) is 16.0 Å². The van der Waals surface area contributed by atoms with Gasteiger partial charge in [-0.25, -0.2) is 0 Å². The van der Waals surface area contributed by atoms with Gasteiger partial charge >= 0.3 is 0 Å². The van der Waals surface area contributed by atoms with Crippen molar-refractivity contribution in [2.24, 2.45) is 10.2 Å². The number of hydrogen-bond acceptors (Lipinski definition) is 7. The second kappa shape index (κ2) is 11.0. The van der Waals surface area contributed by atoms with Crippen molar-refractivity contribution in [2.75, 3.05) is 12.4 Å². The molecule has 0 radical (unpaired) electrons. The zero-order chi connectivity index (χ0) is 27.6. The van der Waals surface area contributed by atoms with Crippen molar-refractivity contribution in [3.63, 3.8) is 0 Å². The van der Waals surface area contributed by atoms with Crippen LogP contribution in [0.1, 0.15) is 22.8 Å². The van der Waals surface area contributed by atoms with Crippen LogP contribution >= 0.6 is 23.2 Å². The maximum Gasteiger partial charge on any atom is 0.296 e. The maximum absolute atomic E-state index is 13.1. The number of halogens is 2. The van der Waals surface area contributed by atoms with Crippen LogP contribution in [0, 0.1) is 0 Å². The smallest absolute Gasteiger partial charge is 0.296 e. The number of ether oxygens (including phenoxy) is 1. The zero-order valence-corrected chi connectivity index (χ0v) is 22.4. The van der Waals surface area contributed by atoms with Crippen LogP contribution in [-0.2, 0) is 16.5 Å². The highest BCUT2D eigenvalue weighted by Crippen LogP contribution is 2.41. The summed E-state index contributed by atoms with van der Waals surface area (Å²) in [5.41, 5.74) is 0.923. The fourth-order valence-electron chi connectivity index (χ4n) is 3.86. The molecule has 4 aromatic carbocycles. The molecular weight excluding hydrogens is 553 g/mol. The number of carbonyl (C=O) groups excluding carboxylic acids is 1. The van der Waals surface area contributed by atoms with E-state index in [0.717, 1.165) is 6.07 Å². The Morgan fingerprint density at radius 2 is 1.79 bits per heavy atom. The summed E-state index contributed by atoms with van der Waals surface area (Å²) in [4.78, 5) is 12.7. The summed E-state index contributed by atoms with van der Waals surface area (Å²) in [7, 11) is -3.06. The van der Waals surface area contributed by atoms with Gasteiger partial charge in [-0.15, -0.1) is 5.11 Å². The van der Waals surface area contributed by atoms with Gasteiger partial charge in [-0.2, -0.15) is 13.5 Å². The molecule has 0 aliphatic heterocycles. The average Bonchev–Trinajstić information content (AvgIpc) is 2.87. The molecular formula is C26H21Cl2N3O6S. The minimum Gasteiger partial charge on any atom is -0.505 e. The molecule has 0 unspecified atom stereocenters. The second-order valence-corrected chi connectivity index (χ2v) is 10.2. The summed E-state index contributed by atoms with van der Waals surface area (Å²) in [5.74, 6) is -0.582. The second-order valence-electron chi connectivity index (χ2n) is 8.05. The largest absolute Gasteiger partial charge is 0.505 e. The summed E-state index contributed by atoms with van der Waals surface area (Å²) in [5, 5.41) is 23.5. The number of fused-ring (bicyclic) bond motifs is 1. The lowest BCUT2D eigenvalue weighted by Gasteiger charge is -2.12. The van der Waals surface area contributed by atoms with Crippen LogP contribution in [0.15, 0.2) is 75.8 Å². The summed E-state index contributed by atoms with van der Waals surface area (Å²) in [6.07, 6.45) is 0.288. The van der Waals surface area contributed by atoms with E-state index >= 15 is 0 Å². The third kappa shape index (κ3) is 5.44. The molecule has 12 heteroatoms. The number of aromatic hydroxyl groups is 1. The van der Waals surface area contributed by atoms with E-state index in [-0.39, 0.29) is 28.4 Å². The van der Waals surface area contributed by atoms with E-state index in [1.54, 1.807) is 43.3 Å². The number of azo groups is 1. The SMILES string of the molecule is CCc1c(N=Nc2c(O)c(C(=O)Nc3ccc(OC)c(Cl)c3)cc3ccccc23)ccc(S(=O)(=O)O)c1Cl. The standard InChI is InChI=1S/C26H21Cl2N3O6S/c1-3-16-20(9-11-22(23(16)28)38(34,35)36)30-31-24-17-7-5-4-6-14(17)12-18(25(24)32)26(33)29-15-8-10-21(37-2)19(27)13-15/h4-13,32H,3H2,1-2H3,(H,29,33)(H,34,35,36). The molecule has 196 valence electrons. The van der Waals surface area contributed by atoms with E-state index < -0.39 is 26.7 Å². The number of hydrogen-bond donors (Lipinski definition) is 3. The Kier molecular flexibility index (Phi) is 7.89. The third-order valence-corrected chi connectivity index (χ3v) is 7.46. The minimum atomic E-state index is -4.54. The van der Waals surface area contributed by atoms with E-state index in [1.165, 1.54) is 25.3 Å². The van der Waals surface area contributed by atoms with Gasteiger partial charge in [0.05, 0.1) is 28.4 Å². The topological polar surface area (TPSA) is 138 Å². The van der Waals surface area contributed by atoms with E-state index in [0.29, 0.717) is 32.8 Å². The molecule has 0 aliphatic carbocycles. The number of methoxy groups -OCH3 is 1. The Hall–Kier alpha value is -3.70. The van der Waals surface area contributed by atoms with Crippen molar-refractivity contribution in [3.05, 3.63) is 81.8 Å². The summed E-state index contributed by atoms with van der Waals surface area (Å²) < 4.78 is 37.8. The lowest BCUT2D eigenvalue weighted by Crippen LogP contribution is -2.12. The Bertz CT molecular complexity index is 1710. The molecule has 0 saturated heterocycles. The number of phenolic OH excluding ortho intramolecular Hbond substituents is 1. The third-order valence-electron chi connectivity index (χ3n) is 5.72. The first-order valence-electron chi connectivity index (χ1n) is 11.1. The molecule has 0 atom stereocenters. The summed E-state index contributed by atoms with van der Waals surface area (Å²) >= 11 is 12.4. The highest BCUT2D eigenvalue weighted by Gasteiger charge is 2.21. The molecule has 0 spiro atoms. The highest BCUT2D eigenvalue weighted by atomic mass is 35.5. The summed E-state index contributed by atoms with van der Waals surface area (Å²) in [6, 6.07) is 15.7. The molecule has 4 aromatic rings. The van der Waals surface area contributed by atoms with Crippen molar-refractivity contribution in [1.82, 2.24) is 0 Å². The fraction of sp³-hybridized carbons (Fsp3) is 0.115. The van der Waals surface area contributed by atoms with E-state index in [4.69, 9.17) is 27.9 Å². The van der Waals surface area contributed by atoms with Crippen LogP contribution in [0.5, 0.6) is 11.5 Å². The van der Waals surface area contributed by atoms with Gasteiger partial charge in [0.15, 0.2) is 5.75 Å². The highest BCUT2D eigenvalue weighted by molar-refractivity contribution is 7.86. The Labute approximate surface area is 228 Å². The van der Waals surface area contributed by atoms with Gasteiger partial charge in [0, 0.05) is 11.1 Å². The lowest BCUT2D eigenvalue weighted by molar-refractivity contribution is 0.102. The fourth-order valence-corrected chi connectivity index (χ4v) is 5.29. The van der Waals surface area contributed by atoms with Gasteiger partial charge in [-0.3, -0.25) is 9.35 Å². The van der Waals surface area contributed by atoms with Gasteiger partial charge in [-0.1, -0.05) is 54.4 Å². The van der Waals surface area contributed by atoms with E-state index in [2.05, 4.69) is 15.5 Å². The van der Waals surface area contributed by atoms with Crippen LogP contribution in [-0.4, -0.2) is 31.1 Å². The van der Waals surface area contributed by atoms with Gasteiger partial charge < -0.3 is 15.2 Å². The lowest BCUT2D eigenvalue weighted by atomic mass is 10.0. The van der Waals surface area contributed by atoms with Crippen LogP contribution < -0.4 is 10.1 Å². The molecule has 0 heterocycles. The van der Waals surface area contributed by atoms with Gasteiger partial charge in [-0.05, 0) is 53.8 Å². The Balaban J connectivity index is 1.79. The van der Waals surface area contributed by atoms with Crippen molar-refractivity contribution in [2.45, 2.75) is 18.2 Å². The first kappa shape index (κ1) is 27.3. The Morgan fingerprint density at radius 3 is 2.45 bits per heavy atom. The molecule has 38 heavy (non-hydrogen) atoms. The molecule has 0 aliphatic rings. The number of nitrogens with one attached hydrogen (secondary N) is 1. The molecule has 0 bridgehead atoms. The number of carbonyl (C=O) groups is 1. The maximum atomic E-state index is 13.1. The number of rotatable bonds is 7.